The molecule has 224 valence electrons. The molecular weight excluding hydrogens is 579 g/mol. The average Bonchev–Trinajstić information content (AvgIpc) is 2.92. The third-order valence-electron chi connectivity index (χ3n) is 6.44. The number of carbonyl (C=O) groups excluding carboxylic acids is 2. The van der Waals surface area contributed by atoms with Crippen LogP contribution in [-0.2, 0) is 20.9 Å². The lowest BCUT2D eigenvalue weighted by atomic mass is 10.1. The summed E-state index contributed by atoms with van der Waals surface area (Å²) in [6.07, 6.45) is -5.82. The van der Waals surface area contributed by atoms with Crippen LogP contribution in [0.4, 0.5) is 33.3 Å². The fraction of sp³-hybridized carbons (Fsp3) is 0.423. The summed E-state index contributed by atoms with van der Waals surface area (Å²) in [4.78, 5) is 39.2. The van der Waals surface area contributed by atoms with Crippen molar-refractivity contribution in [2.45, 2.75) is 31.6 Å². The molecule has 1 heterocycles. The van der Waals surface area contributed by atoms with Crippen LogP contribution in [0.1, 0.15) is 28.8 Å². The van der Waals surface area contributed by atoms with Crippen LogP contribution in [0, 0.1) is 11.6 Å². The highest BCUT2D eigenvalue weighted by molar-refractivity contribution is 6.31. The summed E-state index contributed by atoms with van der Waals surface area (Å²) in [5.74, 6) is -5.99. The quantitative estimate of drug-likeness (QED) is 0.260. The average molecular weight is 607 g/mol. The molecule has 0 aromatic heterocycles. The van der Waals surface area contributed by atoms with Crippen molar-refractivity contribution in [2.24, 2.45) is 0 Å². The first kappa shape index (κ1) is 32.0. The number of methoxy groups -OCH3 is 1. The van der Waals surface area contributed by atoms with Gasteiger partial charge in [-0.15, -0.1) is 0 Å². The summed E-state index contributed by atoms with van der Waals surface area (Å²) in [5, 5.41) is 14.3. The number of esters is 1. The van der Waals surface area contributed by atoms with E-state index in [-0.39, 0.29) is 17.8 Å². The van der Waals surface area contributed by atoms with Crippen molar-refractivity contribution in [2.75, 3.05) is 50.1 Å². The lowest BCUT2D eigenvalue weighted by Crippen LogP contribution is -2.47. The molecule has 1 aliphatic heterocycles. The highest BCUT2D eigenvalue weighted by Gasteiger charge is 2.29. The molecule has 0 saturated carbocycles. The Morgan fingerprint density at radius 2 is 1.76 bits per heavy atom. The number of amides is 1. The zero-order valence-electron chi connectivity index (χ0n) is 21.9. The van der Waals surface area contributed by atoms with Gasteiger partial charge in [-0.25, -0.2) is 8.78 Å². The lowest BCUT2D eigenvalue weighted by molar-refractivity contribution is -0.148. The molecule has 9 nitrogen and oxygen atoms in total. The number of piperazine rings is 1. The molecule has 3 N–H and O–H groups in total. The molecular formula is C26H28ClF5N4O5. The van der Waals surface area contributed by atoms with Gasteiger partial charge in [0, 0.05) is 49.9 Å². The Kier molecular flexibility index (Phi) is 10.9. The maximum absolute atomic E-state index is 14.9. The predicted octanol–water partition coefficient (Wildman–Crippen LogP) is 4.05. The Hall–Kier alpha value is -3.49. The Morgan fingerprint density at radius 3 is 2.37 bits per heavy atom. The molecule has 1 saturated heterocycles. The first-order valence-corrected chi connectivity index (χ1v) is 12.8. The number of benzene rings is 2. The molecule has 0 unspecified atom stereocenters. The van der Waals surface area contributed by atoms with E-state index in [1.54, 1.807) is 11.0 Å². The van der Waals surface area contributed by atoms with Crippen LogP contribution in [0.15, 0.2) is 30.3 Å². The maximum atomic E-state index is 14.9. The number of nitrogens with one attached hydrogen (secondary N) is 2. The van der Waals surface area contributed by atoms with E-state index < -0.39 is 66.6 Å². The largest absolute Gasteiger partial charge is 0.481 e. The lowest BCUT2D eigenvalue weighted by Gasteiger charge is -2.37. The highest BCUT2D eigenvalue weighted by atomic mass is 35.5. The number of anilines is 2. The second kappa shape index (κ2) is 13.9. The number of alkyl halides is 3. The summed E-state index contributed by atoms with van der Waals surface area (Å²) >= 11 is 6.14. The SMILES string of the molecule is COC(=O)[C@H](CC(=O)O)NCc1ccc(C(=O)Nc2ccc(Cl)cc2N2CCN(CCC(F)(F)F)CC2)c(F)c1F. The standard InChI is InChI=1S/C26H28ClF5N4O5/c1-41-25(40)19(13-21(37)38)33-14-15-2-4-17(23(29)22(15)28)24(39)34-18-5-3-16(27)12-20(18)36-10-8-35(9-11-36)7-6-26(30,31)32/h2-5,12,19,33H,6-11,13-14H2,1H3,(H,34,39)(H,37,38)/t19-/m0/s1. The van der Waals surface area contributed by atoms with E-state index >= 15 is 0 Å². The van der Waals surface area contributed by atoms with Crippen LogP contribution in [-0.4, -0.2) is 79.9 Å². The molecule has 1 atom stereocenters. The van der Waals surface area contributed by atoms with Crippen molar-refractivity contribution in [1.29, 1.82) is 0 Å². The number of rotatable bonds is 11. The van der Waals surface area contributed by atoms with Gasteiger partial charge >= 0.3 is 18.1 Å². The highest BCUT2D eigenvalue weighted by Crippen LogP contribution is 2.31. The van der Waals surface area contributed by atoms with Crippen molar-refractivity contribution >= 4 is 40.8 Å². The molecule has 0 bridgehead atoms. The van der Waals surface area contributed by atoms with Gasteiger partial charge in [-0.1, -0.05) is 17.7 Å². The van der Waals surface area contributed by atoms with Crippen LogP contribution in [0.5, 0.6) is 0 Å². The molecule has 2 aromatic rings. The summed E-state index contributed by atoms with van der Waals surface area (Å²) in [5.41, 5.74) is -0.160. The number of halogens is 6. The minimum Gasteiger partial charge on any atom is -0.481 e. The van der Waals surface area contributed by atoms with E-state index in [2.05, 4.69) is 15.4 Å². The number of hydrogen-bond donors (Lipinski definition) is 3. The van der Waals surface area contributed by atoms with E-state index in [0.717, 1.165) is 19.2 Å². The summed E-state index contributed by atoms with van der Waals surface area (Å²) < 4.78 is 71.9. The van der Waals surface area contributed by atoms with E-state index in [0.29, 0.717) is 36.9 Å². The second-order valence-corrected chi connectivity index (χ2v) is 9.70. The van der Waals surface area contributed by atoms with E-state index in [4.69, 9.17) is 16.7 Å². The van der Waals surface area contributed by atoms with Gasteiger partial charge < -0.3 is 20.1 Å². The zero-order chi connectivity index (χ0) is 30.3. The van der Waals surface area contributed by atoms with Crippen LogP contribution < -0.4 is 15.5 Å². The fourth-order valence-corrected chi connectivity index (χ4v) is 4.42. The summed E-state index contributed by atoms with van der Waals surface area (Å²) in [7, 11) is 1.05. The van der Waals surface area contributed by atoms with Crippen molar-refractivity contribution in [3.05, 3.63) is 58.1 Å². The normalized spacial score (nSPS) is 15.0. The molecule has 0 spiro atoms. The number of carboxylic acid groups (broad SMARTS) is 1. The van der Waals surface area contributed by atoms with Crippen LogP contribution in [0.3, 0.4) is 0 Å². The number of hydrogen-bond acceptors (Lipinski definition) is 7. The van der Waals surface area contributed by atoms with Crippen molar-refractivity contribution in [3.63, 3.8) is 0 Å². The van der Waals surface area contributed by atoms with Crippen LogP contribution in [0.2, 0.25) is 5.02 Å². The third kappa shape index (κ3) is 9.00. The number of carbonyl (C=O) groups is 3. The molecule has 15 heteroatoms. The van der Waals surface area contributed by atoms with Gasteiger partial charge in [0.1, 0.15) is 6.04 Å². The molecule has 0 radical (unpaired) electrons. The minimum absolute atomic E-state index is 0.129. The predicted molar refractivity (Wildman–Crippen MR) is 140 cm³/mol. The summed E-state index contributed by atoms with van der Waals surface area (Å²) in [6.45, 7) is 0.827. The second-order valence-electron chi connectivity index (χ2n) is 9.26. The maximum Gasteiger partial charge on any atom is 0.390 e. The molecule has 2 aromatic carbocycles. The third-order valence-corrected chi connectivity index (χ3v) is 6.68. The van der Waals surface area contributed by atoms with E-state index in [9.17, 15) is 36.3 Å². The van der Waals surface area contributed by atoms with Gasteiger partial charge in [0.05, 0.1) is 36.9 Å². The van der Waals surface area contributed by atoms with Gasteiger partial charge in [0.2, 0.25) is 0 Å². The van der Waals surface area contributed by atoms with Gasteiger partial charge in [-0.2, -0.15) is 13.2 Å². The number of nitrogens with zero attached hydrogens (tertiary/aromatic N) is 2. The molecule has 1 aliphatic rings. The van der Waals surface area contributed by atoms with Crippen LogP contribution >= 0.6 is 11.6 Å². The van der Waals surface area contributed by atoms with E-state index in [1.807, 2.05) is 4.90 Å². The Labute approximate surface area is 237 Å². The van der Waals surface area contributed by atoms with Crippen molar-refractivity contribution in [3.8, 4) is 0 Å². The van der Waals surface area contributed by atoms with Crippen molar-refractivity contribution < 1.29 is 46.2 Å². The van der Waals surface area contributed by atoms with Gasteiger partial charge in [-0.3, -0.25) is 24.6 Å². The first-order chi connectivity index (χ1) is 19.3. The molecule has 1 amide bonds. The molecule has 3 rings (SSSR count). The molecule has 1 fully saturated rings. The monoisotopic (exact) mass is 606 g/mol. The van der Waals surface area contributed by atoms with Gasteiger partial charge in [-0.05, 0) is 24.3 Å². The molecule has 41 heavy (non-hydrogen) atoms. The minimum atomic E-state index is -4.25. The first-order valence-electron chi connectivity index (χ1n) is 12.4. The zero-order valence-corrected chi connectivity index (χ0v) is 22.6. The Morgan fingerprint density at radius 1 is 1.07 bits per heavy atom. The number of carboxylic acids is 1. The number of aliphatic carboxylic acids is 1. The number of ether oxygens (including phenoxy) is 1. The van der Waals surface area contributed by atoms with Gasteiger partial charge in [0.15, 0.2) is 11.6 Å². The van der Waals surface area contributed by atoms with Crippen LogP contribution in [0.25, 0.3) is 0 Å². The Bertz CT molecular complexity index is 1270. The molecule has 0 aliphatic carbocycles. The Balaban J connectivity index is 1.71. The topological polar surface area (TPSA) is 111 Å². The fourth-order valence-electron chi connectivity index (χ4n) is 4.25. The van der Waals surface area contributed by atoms with Gasteiger partial charge in [0.25, 0.3) is 5.91 Å². The van der Waals surface area contributed by atoms with E-state index in [1.165, 1.54) is 12.1 Å². The smallest absolute Gasteiger partial charge is 0.390 e. The van der Waals surface area contributed by atoms with Crippen molar-refractivity contribution in [1.82, 2.24) is 10.2 Å². The summed E-state index contributed by atoms with van der Waals surface area (Å²) in [6, 6.07) is 5.39.